The minimum Gasteiger partial charge on any atom is -0.381 e. The summed E-state index contributed by atoms with van der Waals surface area (Å²) in [6, 6.07) is 0.378. The fraction of sp³-hybridized carbons (Fsp3) is 0.800. The van der Waals surface area contributed by atoms with Gasteiger partial charge < -0.3 is 4.74 Å². The van der Waals surface area contributed by atoms with Crippen LogP contribution < -0.4 is 0 Å². The second-order valence-corrected chi connectivity index (χ2v) is 3.78. The summed E-state index contributed by atoms with van der Waals surface area (Å²) in [6.07, 6.45) is 4.18. The largest absolute Gasteiger partial charge is 0.381 e. The molecule has 0 bridgehead atoms. The summed E-state index contributed by atoms with van der Waals surface area (Å²) in [5.74, 6) is 0.602. The zero-order chi connectivity index (χ0) is 9.10. The third-order valence-electron chi connectivity index (χ3n) is 2.64. The van der Waals surface area contributed by atoms with Crippen LogP contribution in [0.25, 0.3) is 0 Å². The first kappa shape index (κ1) is 8.88. The molecule has 2 aliphatic rings. The first-order valence-electron chi connectivity index (χ1n) is 5.01. The third kappa shape index (κ3) is 2.15. The van der Waals surface area contributed by atoms with Crippen LogP contribution in [0.3, 0.4) is 0 Å². The summed E-state index contributed by atoms with van der Waals surface area (Å²) < 4.78 is 5.31. The predicted octanol–water partition coefficient (Wildman–Crippen LogP) is 1.33. The third-order valence-corrected chi connectivity index (χ3v) is 2.64. The van der Waals surface area contributed by atoms with Gasteiger partial charge in [-0.05, 0) is 19.8 Å². The van der Waals surface area contributed by atoms with Gasteiger partial charge in [0.1, 0.15) is 0 Å². The molecule has 3 heteroatoms. The summed E-state index contributed by atoms with van der Waals surface area (Å²) in [4.78, 5) is 8.94. The number of rotatable bonds is 1. The van der Waals surface area contributed by atoms with E-state index in [1.807, 2.05) is 6.21 Å². The Hall–Kier alpha value is -0.700. The second kappa shape index (κ2) is 4.01. The van der Waals surface area contributed by atoms with Gasteiger partial charge in [0, 0.05) is 25.3 Å². The zero-order valence-electron chi connectivity index (χ0n) is 8.07. The van der Waals surface area contributed by atoms with Crippen LogP contribution in [0, 0.1) is 5.92 Å². The average Bonchev–Trinajstić information content (AvgIpc) is 2.20. The van der Waals surface area contributed by atoms with Crippen molar-refractivity contribution in [1.82, 2.24) is 0 Å². The molecule has 0 saturated carbocycles. The van der Waals surface area contributed by atoms with E-state index < -0.39 is 0 Å². The van der Waals surface area contributed by atoms with Crippen LogP contribution in [0.15, 0.2) is 9.98 Å². The average molecular weight is 180 g/mol. The molecule has 2 heterocycles. The van der Waals surface area contributed by atoms with Gasteiger partial charge in [0.05, 0.1) is 18.3 Å². The van der Waals surface area contributed by atoms with Crippen molar-refractivity contribution in [2.24, 2.45) is 15.9 Å². The van der Waals surface area contributed by atoms with E-state index in [0.29, 0.717) is 12.0 Å². The van der Waals surface area contributed by atoms with Crippen molar-refractivity contribution in [3.63, 3.8) is 0 Å². The van der Waals surface area contributed by atoms with Gasteiger partial charge in [-0.2, -0.15) is 0 Å². The fourth-order valence-corrected chi connectivity index (χ4v) is 1.76. The molecular formula is C10H16N2O. The van der Waals surface area contributed by atoms with Crippen molar-refractivity contribution in [2.45, 2.75) is 25.8 Å². The summed E-state index contributed by atoms with van der Waals surface area (Å²) >= 11 is 0. The molecule has 0 aromatic rings. The van der Waals surface area contributed by atoms with E-state index in [0.717, 1.165) is 32.6 Å². The molecule has 2 rings (SSSR count). The molecule has 1 unspecified atom stereocenters. The van der Waals surface area contributed by atoms with Gasteiger partial charge in [-0.1, -0.05) is 0 Å². The maximum atomic E-state index is 5.31. The van der Waals surface area contributed by atoms with Gasteiger partial charge in [-0.3, -0.25) is 9.98 Å². The van der Waals surface area contributed by atoms with Crippen LogP contribution in [-0.4, -0.2) is 37.7 Å². The molecule has 0 aliphatic carbocycles. The molecule has 1 saturated heterocycles. The van der Waals surface area contributed by atoms with Gasteiger partial charge in [-0.15, -0.1) is 0 Å². The van der Waals surface area contributed by atoms with E-state index in [-0.39, 0.29) is 0 Å². The molecule has 1 fully saturated rings. The molecule has 1 atom stereocenters. The van der Waals surface area contributed by atoms with E-state index in [4.69, 9.17) is 4.74 Å². The minimum absolute atomic E-state index is 0.378. The van der Waals surface area contributed by atoms with Crippen molar-refractivity contribution in [3.8, 4) is 0 Å². The highest BCUT2D eigenvalue weighted by molar-refractivity contribution is 6.32. The van der Waals surface area contributed by atoms with E-state index in [9.17, 15) is 0 Å². The molecule has 0 aromatic carbocycles. The van der Waals surface area contributed by atoms with Gasteiger partial charge in [0.2, 0.25) is 0 Å². The normalized spacial score (nSPS) is 30.2. The van der Waals surface area contributed by atoms with Crippen molar-refractivity contribution in [3.05, 3.63) is 0 Å². The molecule has 3 nitrogen and oxygen atoms in total. The van der Waals surface area contributed by atoms with Gasteiger partial charge in [-0.25, -0.2) is 0 Å². The Morgan fingerprint density at radius 1 is 1.38 bits per heavy atom. The molecular weight excluding hydrogens is 164 g/mol. The van der Waals surface area contributed by atoms with Crippen LogP contribution >= 0.6 is 0 Å². The van der Waals surface area contributed by atoms with E-state index in [1.54, 1.807) is 0 Å². The molecule has 72 valence electrons. The lowest BCUT2D eigenvalue weighted by Crippen LogP contribution is -2.27. The zero-order valence-corrected chi connectivity index (χ0v) is 8.07. The number of nitrogens with zero attached hydrogens (tertiary/aromatic N) is 2. The lowest BCUT2D eigenvalue weighted by Gasteiger charge is -2.23. The van der Waals surface area contributed by atoms with Crippen molar-refractivity contribution in [2.75, 3.05) is 19.8 Å². The summed E-state index contributed by atoms with van der Waals surface area (Å²) in [5.41, 5.74) is 1.20. The standard InChI is InChI=1S/C10H16N2O/c1-8-6-12-10(7-11-8)9-2-4-13-5-3-9/h7-9H,2-6H2,1H3. The summed E-state index contributed by atoms with van der Waals surface area (Å²) in [5, 5.41) is 0. The predicted molar refractivity (Wildman–Crippen MR) is 53.8 cm³/mol. The molecule has 2 aliphatic heterocycles. The minimum atomic E-state index is 0.378. The highest BCUT2D eigenvalue weighted by Gasteiger charge is 2.20. The maximum absolute atomic E-state index is 5.31. The van der Waals surface area contributed by atoms with Gasteiger partial charge in [0.25, 0.3) is 0 Å². The van der Waals surface area contributed by atoms with E-state index in [1.165, 1.54) is 5.71 Å². The lowest BCUT2D eigenvalue weighted by atomic mass is 9.94. The van der Waals surface area contributed by atoms with Gasteiger partial charge in [0.15, 0.2) is 0 Å². The SMILES string of the molecule is CC1CN=C(C2CCOCC2)C=N1. The highest BCUT2D eigenvalue weighted by Crippen LogP contribution is 2.17. The Bertz CT molecular complexity index is 229. The Morgan fingerprint density at radius 2 is 2.15 bits per heavy atom. The van der Waals surface area contributed by atoms with Crippen LogP contribution in [-0.2, 0) is 4.74 Å². The van der Waals surface area contributed by atoms with Gasteiger partial charge >= 0.3 is 0 Å². The number of hydrogen-bond donors (Lipinski definition) is 0. The Labute approximate surface area is 78.9 Å². The highest BCUT2D eigenvalue weighted by atomic mass is 16.5. The molecule has 0 radical (unpaired) electrons. The quantitative estimate of drug-likeness (QED) is 0.599. The second-order valence-electron chi connectivity index (χ2n) is 3.78. The van der Waals surface area contributed by atoms with Crippen molar-refractivity contribution >= 4 is 11.9 Å². The van der Waals surface area contributed by atoms with Crippen molar-refractivity contribution < 1.29 is 4.74 Å². The maximum Gasteiger partial charge on any atom is 0.0667 e. The first-order valence-corrected chi connectivity index (χ1v) is 5.01. The number of hydrogen-bond acceptors (Lipinski definition) is 3. The van der Waals surface area contributed by atoms with Crippen LogP contribution in [0.1, 0.15) is 19.8 Å². The number of aliphatic imine (C=N–C) groups is 2. The van der Waals surface area contributed by atoms with E-state index in [2.05, 4.69) is 16.9 Å². The van der Waals surface area contributed by atoms with Crippen LogP contribution in [0.5, 0.6) is 0 Å². The molecule has 0 spiro atoms. The molecule has 13 heavy (non-hydrogen) atoms. The molecule has 0 amide bonds. The topological polar surface area (TPSA) is 34.0 Å². The summed E-state index contributed by atoms with van der Waals surface area (Å²) in [6.45, 7) is 4.73. The van der Waals surface area contributed by atoms with Crippen LogP contribution in [0.2, 0.25) is 0 Å². The molecule has 0 N–H and O–H groups in total. The Kier molecular flexibility index (Phi) is 2.74. The monoisotopic (exact) mass is 180 g/mol. The Morgan fingerprint density at radius 3 is 2.77 bits per heavy atom. The summed E-state index contributed by atoms with van der Waals surface area (Å²) in [7, 11) is 0. The van der Waals surface area contributed by atoms with Crippen molar-refractivity contribution in [1.29, 1.82) is 0 Å². The van der Waals surface area contributed by atoms with Crippen LogP contribution in [0.4, 0.5) is 0 Å². The number of ether oxygens (including phenoxy) is 1. The fourth-order valence-electron chi connectivity index (χ4n) is 1.76. The van der Waals surface area contributed by atoms with E-state index >= 15 is 0 Å². The molecule has 0 aromatic heterocycles. The smallest absolute Gasteiger partial charge is 0.0667 e. The Balaban J connectivity index is 1.96. The lowest BCUT2D eigenvalue weighted by molar-refractivity contribution is 0.0832. The first-order chi connectivity index (χ1) is 6.36.